The summed E-state index contributed by atoms with van der Waals surface area (Å²) in [5.41, 5.74) is 7.06. The molecule has 2 aliphatic rings. The van der Waals surface area contributed by atoms with Crippen molar-refractivity contribution < 1.29 is 0 Å². The van der Waals surface area contributed by atoms with Gasteiger partial charge in [0.1, 0.15) is 5.82 Å². The van der Waals surface area contributed by atoms with Crippen molar-refractivity contribution in [3.63, 3.8) is 0 Å². The second kappa shape index (κ2) is 5.78. The van der Waals surface area contributed by atoms with Gasteiger partial charge in [0.25, 0.3) is 0 Å². The van der Waals surface area contributed by atoms with Crippen molar-refractivity contribution in [2.75, 3.05) is 23.3 Å². The summed E-state index contributed by atoms with van der Waals surface area (Å²) in [6, 6.07) is 5.19. The topological polar surface area (TPSA) is 54.2 Å². The van der Waals surface area contributed by atoms with Gasteiger partial charge in [-0.15, -0.1) is 0 Å². The van der Waals surface area contributed by atoms with Crippen molar-refractivity contribution in [3.8, 4) is 0 Å². The number of nitrogens with two attached hydrogens (primary N) is 1. The quantitative estimate of drug-likeness (QED) is 0.876. The first-order chi connectivity index (χ1) is 9.31. The SMILES string of the molecule is NC1CCC(Nc2ccc(N3CCCCC3)nc2)C1. The maximum atomic E-state index is 5.94. The van der Waals surface area contributed by atoms with Gasteiger partial charge in [-0.1, -0.05) is 0 Å². The first-order valence-electron chi connectivity index (χ1n) is 7.54. The summed E-state index contributed by atoms with van der Waals surface area (Å²) >= 11 is 0. The Morgan fingerprint density at radius 2 is 2.00 bits per heavy atom. The molecule has 1 aromatic rings. The van der Waals surface area contributed by atoms with Crippen molar-refractivity contribution in [2.45, 2.75) is 50.6 Å². The van der Waals surface area contributed by atoms with Gasteiger partial charge in [-0.2, -0.15) is 0 Å². The van der Waals surface area contributed by atoms with Crippen molar-refractivity contribution >= 4 is 11.5 Å². The van der Waals surface area contributed by atoms with Gasteiger partial charge in [0, 0.05) is 25.2 Å². The maximum absolute atomic E-state index is 5.94. The smallest absolute Gasteiger partial charge is 0.128 e. The van der Waals surface area contributed by atoms with Gasteiger partial charge in [-0.3, -0.25) is 0 Å². The van der Waals surface area contributed by atoms with E-state index in [1.165, 1.54) is 25.7 Å². The third-order valence-corrected chi connectivity index (χ3v) is 4.27. The van der Waals surface area contributed by atoms with E-state index in [0.29, 0.717) is 12.1 Å². The summed E-state index contributed by atoms with van der Waals surface area (Å²) < 4.78 is 0. The molecule has 4 heteroatoms. The Morgan fingerprint density at radius 1 is 1.16 bits per heavy atom. The molecule has 1 saturated heterocycles. The van der Waals surface area contributed by atoms with Crippen molar-refractivity contribution in [3.05, 3.63) is 18.3 Å². The molecule has 0 amide bonds. The lowest BCUT2D eigenvalue weighted by molar-refractivity contribution is 0.573. The van der Waals surface area contributed by atoms with Crippen LogP contribution in [0.3, 0.4) is 0 Å². The Kier molecular flexibility index (Phi) is 3.87. The largest absolute Gasteiger partial charge is 0.381 e. The molecule has 0 spiro atoms. The number of rotatable bonds is 3. The van der Waals surface area contributed by atoms with Crippen LogP contribution in [0.4, 0.5) is 11.5 Å². The Hall–Kier alpha value is -1.29. The molecule has 2 fully saturated rings. The van der Waals surface area contributed by atoms with E-state index in [0.717, 1.165) is 37.4 Å². The molecule has 104 valence electrons. The summed E-state index contributed by atoms with van der Waals surface area (Å²) in [7, 11) is 0. The van der Waals surface area contributed by atoms with Gasteiger partial charge in [0.2, 0.25) is 0 Å². The van der Waals surface area contributed by atoms with Crippen LogP contribution in [0.25, 0.3) is 0 Å². The first kappa shape index (κ1) is 12.7. The maximum Gasteiger partial charge on any atom is 0.128 e. The average Bonchev–Trinajstić information content (AvgIpc) is 2.86. The predicted molar refractivity (Wildman–Crippen MR) is 79.5 cm³/mol. The number of pyridine rings is 1. The lowest BCUT2D eigenvalue weighted by Crippen LogP contribution is -2.30. The monoisotopic (exact) mass is 260 g/mol. The molecule has 3 rings (SSSR count). The molecule has 2 unspecified atom stereocenters. The fourth-order valence-electron chi connectivity index (χ4n) is 3.16. The van der Waals surface area contributed by atoms with Crippen molar-refractivity contribution in [2.24, 2.45) is 5.73 Å². The van der Waals surface area contributed by atoms with Crippen LogP contribution in [-0.2, 0) is 0 Å². The summed E-state index contributed by atoms with van der Waals surface area (Å²) in [5.74, 6) is 1.12. The van der Waals surface area contributed by atoms with Crippen LogP contribution in [0.15, 0.2) is 18.3 Å². The molecule has 1 aliphatic heterocycles. The highest BCUT2D eigenvalue weighted by Gasteiger charge is 2.21. The van der Waals surface area contributed by atoms with Crippen LogP contribution in [0.1, 0.15) is 38.5 Å². The zero-order chi connectivity index (χ0) is 13.1. The molecule has 1 aliphatic carbocycles. The van der Waals surface area contributed by atoms with Crippen LogP contribution < -0.4 is 16.0 Å². The number of aromatic nitrogens is 1. The number of hydrogen-bond acceptors (Lipinski definition) is 4. The lowest BCUT2D eigenvalue weighted by Gasteiger charge is -2.27. The predicted octanol–water partition coefficient (Wildman–Crippen LogP) is 2.36. The Balaban J connectivity index is 1.59. The van der Waals surface area contributed by atoms with Gasteiger partial charge in [-0.05, 0) is 50.7 Å². The van der Waals surface area contributed by atoms with E-state index in [1.54, 1.807) is 0 Å². The molecule has 2 atom stereocenters. The molecule has 0 aromatic carbocycles. The highest BCUT2D eigenvalue weighted by atomic mass is 15.2. The normalized spacial score (nSPS) is 27.5. The molecule has 0 bridgehead atoms. The van der Waals surface area contributed by atoms with Crippen LogP contribution in [-0.4, -0.2) is 30.2 Å². The van der Waals surface area contributed by atoms with Crippen LogP contribution in [0.2, 0.25) is 0 Å². The molecule has 0 radical (unpaired) electrons. The summed E-state index contributed by atoms with van der Waals surface area (Å²) in [6.45, 7) is 2.30. The molecule has 3 N–H and O–H groups in total. The van der Waals surface area contributed by atoms with E-state index >= 15 is 0 Å². The van der Waals surface area contributed by atoms with Crippen molar-refractivity contribution in [1.29, 1.82) is 0 Å². The minimum Gasteiger partial charge on any atom is -0.381 e. The zero-order valence-electron chi connectivity index (χ0n) is 11.5. The summed E-state index contributed by atoms with van der Waals surface area (Å²) in [4.78, 5) is 6.98. The van der Waals surface area contributed by atoms with E-state index in [9.17, 15) is 0 Å². The first-order valence-corrected chi connectivity index (χ1v) is 7.54. The lowest BCUT2D eigenvalue weighted by atomic mass is 10.1. The Bertz CT molecular complexity index is 397. The minimum atomic E-state index is 0.373. The van der Waals surface area contributed by atoms with Gasteiger partial charge in [-0.25, -0.2) is 4.98 Å². The van der Waals surface area contributed by atoms with Crippen LogP contribution >= 0.6 is 0 Å². The molecule has 1 saturated carbocycles. The van der Waals surface area contributed by atoms with E-state index in [4.69, 9.17) is 5.73 Å². The Labute approximate surface area is 115 Å². The number of nitrogens with one attached hydrogen (secondary N) is 1. The fraction of sp³-hybridized carbons (Fsp3) is 0.667. The summed E-state index contributed by atoms with van der Waals surface area (Å²) in [5, 5.41) is 3.54. The van der Waals surface area contributed by atoms with Crippen molar-refractivity contribution in [1.82, 2.24) is 4.98 Å². The zero-order valence-corrected chi connectivity index (χ0v) is 11.5. The van der Waals surface area contributed by atoms with E-state index < -0.39 is 0 Å². The highest BCUT2D eigenvalue weighted by molar-refractivity contribution is 5.49. The van der Waals surface area contributed by atoms with Gasteiger partial charge >= 0.3 is 0 Å². The third kappa shape index (κ3) is 3.18. The second-order valence-electron chi connectivity index (χ2n) is 5.87. The number of hydrogen-bond donors (Lipinski definition) is 2. The molecule has 1 aromatic heterocycles. The molecule has 19 heavy (non-hydrogen) atoms. The van der Waals surface area contributed by atoms with Crippen LogP contribution in [0, 0.1) is 0 Å². The average molecular weight is 260 g/mol. The minimum absolute atomic E-state index is 0.373. The van der Waals surface area contributed by atoms with E-state index in [2.05, 4.69) is 27.3 Å². The Morgan fingerprint density at radius 3 is 2.63 bits per heavy atom. The molecular formula is C15H24N4. The van der Waals surface area contributed by atoms with E-state index in [-0.39, 0.29) is 0 Å². The molecular weight excluding hydrogens is 236 g/mol. The van der Waals surface area contributed by atoms with Gasteiger partial charge in [0.15, 0.2) is 0 Å². The van der Waals surface area contributed by atoms with Gasteiger partial charge < -0.3 is 16.0 Å². The summed E-state index contributed by atoms with van der Waals surface area (Å²) in [6.07, 6.45) is 9.30. The number of anilines is 2. The highest BCUT2D eigenvalue weighted by Crippen LogP contribution is 2.23. The number of piperidine rings is 1. The molecule has 4 nitrogen and oxygen atoms in total. The van der Waals surface area contributed by atoms with Gasteiger partial charge in [0.05, 0.1) is 11.9 Å². The standard InChI is InChI=1S/C15H24N4/c16-12-4-5-13(10-12)18-14-6-7-15(17-11-14)19-8-2-1-3-9-19/h6-7,11-13,18H,1-5,8-10,16H2. The van der Waals surface area contributed by atoms with E-state index in [1.807, 2.05) is 6.20 Å². The molecule has 2 heterocycles. The number of nitrogens with zero attached hydrogens (tertiary/aromatic N) is 2. The third-order valence-electron chi connectivity index (χ3n) is 4.27. The van der Waals surface area contributed by atoms with Crippen LogP contribution in [0.5, 0.6) is 0 Å². The second-order valence-corrected chi connectivity index (χ2v) is 5.87. The fourth-order valence-corrected chi connectivity index (χ4v) is 3.16.